The van der Waals surface area contributed by atoms with E-state index in [0.717, 1.165) is 18.5 Å². The van der Waals surface area contributed by atoms with Gasteiger partial charge in [-0.2, -0.15) is 5.26 Å². The number of hydrogen-bond donors (Lipinski definition) is 1. The zero-order chi connectivity index (χ0) is 17.7. The van der Waals surface area contributed by atoms with Gasteiger partial charge in [0.05, 0.1) is 23.1 Å². The number of piperidine rings is 1. The van der Waals surface area contributed by atoms with Crippen molar-refractivity contribution < 1.29 is 14.7 Å². The SMILES string of the molecule is CCC(=O)C(C)(Cc1ccc(C#N)cc1)N1CCCC(C(=O)O)C1. The molecule has 0 aliphatic carbocycles. The Labute approximate surface area is 142 Å². The molecule has 1 saturated heterocycles. The van der Waals surface area contributed by atoms with Crippen LogP contribution in [0.1, 0.15) is 44.2 Å². The molecular formula is C19H24N2O3. The number of carboxylic acids is 1. The minimum absolute atomic E-state index is 0.123. The Balaban J connectivity index is 2.26. The van der Waals surface area contributed by atoms with Gasteiger partial charge >= 0.3 is 5.97 Å². The maximum atomic E-state index is 12.7. The van der Waals surface area contributed by atoms with Crippen molar-refractivity contribution in [3.63, 3.8) is 0 Å². The van der Waals surface area contributed by atoms with Crippen molar-refractivity contribution in [1.82, 2.24) is 4.90 Å². The molecule has 0 amide bonds. The Morgan fingerprint density at radius 3 is 2.58 bits per heavy atom. The van der Waals surface area contributed by atoms with E-state index in [1.165, 1.54) is 0 Å². The van der Waals surface area contributed by atoms with E-state index < -0.39 is 17.4 Å². The van der Waals surface area contributed by atoms with Gasteiger partial charge in [-0.25, -0.2) is 0 Å². The molecule has 0 aromatic heterocycles. The second-order valence-electron chi connectivity index (χ2n) is 6.66. The fourth-order valence-corrected chi connectivity index (χ4v) is 3.49. The van der Waals surface area contributed by atoms with Crippen LogP contribution in [0.15, 0.2) is 24.3 Å². The van der Waals surface area contributed by atoms with Crippen molar-refractivity contribution in [1.29, 1.82) is 5.26 Å². The zero-order valence-corrected chi connectivity index (χ0v) is 14.3. The first-order chi connectivity index (χ1) is 11.4. The molecule has 1 heterocycles. The van der Waals surface area contributed by atoms with E-state index in [-0.39, 0.29) is 5.78 Å². The molecule has 1 aromatic carbocycles. The molecule has 2 rings (SSSR count). The fourth-order valence-electron chi connectivity index (χ4n) is 3.49. The fraction of sp³-hybridized carbons (Fsp3) is 0.526. The molecule has 1 N–H and O–H groups in total. The van der Waals surface area contributed by atoms with Crippen LogP contribution in [-0.4, -0.2) is 40.4 Å². The van der Waals surface area contributed by atoms with E-state index in [9.17, 15) is 14.7 Å². The Morgan fingerprint density at radius 2 is 2.04 bits per heavy atom. The van der Waals surface area contributed by atoms with Crippen LogP contribution in [0.4, 0.5) is 0 Å². The first-order valence-corrected chi connectivity index (χ1v) is 8.41. The molecule has 1 fully saturated rings. The smallest absolute Gasteiger partial charge is 0.307 e. The molecule has 1 aromatic rings. The van der Waals surface area contributed by atoms with Crippen LogP contribution < -0.4 is 0 Å². The van der Waals surface area contributed by atoms with E-state index in [0.29, 0.717) is 31.4 Å². The number of nitriles is 1. The lowest BCUT2D eigenvalue weighted by molar-refractivity contribution is -0.146. The van der Waals surface area contributed by atoms with Crippen molar-refractivity contribution in [2.75, 3.05) is 13.1 Å². The summed E-state index contributed by atoms with van der Waals surface area (Å²) in [5, 5.41) is 18.2. The third-order valence-electron chi connectivity index (χ3n) is 5.02. The Kier molecular flexibility index (Phi) is 5.74. The highest BCUT2D eigenvalue weighted by Crippen LogP contribution is 2.29. The van der Waals surface area contributed by atoms with Crippen LogP contribution in [0, 0.1) is 17.2 Å². The number of benzene rings is 1. The molecule has 1 aliphatic rings. The van der Waals surface area contributed by atoms with Gasteiger partial charge in [0.2, 0.25) is 0 Å². The Morgan fingerprint density at radius 1 is 1.38 bits per heavy atom. The van der Waals surface area contributed by atoms with E-state index in [1.54, 1.807) is 12.1 Å². The topological polar surface area (TPSA) is 81.4 Å². The van der Waals surface area contributed by atoms with Gasteiger partial charge < -0.3 is 5.11 Å². The predicted octanol–water partition coefficient (Wildman–Crippen LogP) is 2.64. The second-order valence-corrected chi connectivity index (χ2v) is 6.66. The van der Waals surface area contributed by atoms with Gasteiger partial charge in [-0.3, -0.25) is 14.5 Å². The van der Waals surface area contributed by atoms with Crippen LogP contribution in [0.5, 0.6) is 0 Å². The lowest BCUT2D eigenvalue weighted by Gasteiger charge is -2.44. The van der Waals surface area contributed by atoms with Gasteiger partial charge in [0.15, 0.2) is 5.78 Å². The number of carboxylic acid groups (broad SMARTS) is 1. The van der Waals surface area contributed by atoms with Gasteiger partial charge in [-0.1, -0.05) is 19.1 Å². The lowest BCUT2D eigenvalue weighted by Crippen LogP contribution is -2.57. The summed E-state index contributed by atoms with van der Waals surface area (Å²) < 4.78 is 0. The number of aliphatic carboxylic acids is 1. The monoisotopic (exact) mass is 328 g/mol. The molecule has 2 atom stereocenters. The van der Waals surface area contributed by atoms with Gasteiger partial charge in [-0.05, 0) is 50.4 Å². The standard InChI is InChI=1S/C19H24N2O3/c1-3-17(22)19(2,11-14-6-8-15(12-20)9-7-14)21-10-4-5-16(13-21)18(23)24/h6-9,16H,3-5,10-11,13H2,1-2H3,(H,23,24). The summed E-state index contributed by atoms with van der Waals surface area (Å²) >= 11 is 0. The molecule has 128 valence electrons. The molecule has 0 radical (unpaired) electrons. The Hall–Kier alpha value is -2.19. The number of ketones is 1. The highest BCUT2D eigenvalue weighted by atomic mass is 16.4. The second kappa shape index (κ2) is 7.59. The molecule has 0 saturated carbocycles. The number of Topliss-reactive ketones (excluding diaryl/α,β-unsaturated/α-hetero) is 1. The average Bonchev–Trinajstić information content (AvgIpc) is 2.61. The van der Waals surface area contributed by atoms with Crippen LogP contribution in [0.2, 0.25) is 0 Å². The zero-order valence-electron chi connectivity index (χ0n) is 14.3. The summed E-state index contributed by atoms with van der Waals surface area (Å²) in [4.78, 5) is 26.1. The highest BCUT2D eigenvalue weighted by Gasteiger charge is 2.41. The molecular weight excluding hydrogens is 304 g/mol. The largest absolute Gasteiger partial charge is 0.481 e. The highest BCUT2D eigenvalue weighted by molar-refractivity contribution is 5.88. The van der Waals surface area contributed by atoms with Gasteiger partial charge in [0, 0.05) is 13.0 Å². The molecule has 0 bridgehead atoms. The van der Waals surface area contributed by atoms with Crippen molar-refractivity contribution in [2.45, 2.75) is 45.1 Å². The molecule has 5 heteroatoms. The van der Waals surface area contributed by atoms with E-state index in [2.05, 4.69) is 6.07 Å². The van der Waals surface area contributed by atoms with E-state index in [4.69, 9.17) is 5.26 Å². The summed E-state index contributed by atoms with van der Waals surface area (Å²) in [6, 6.07) is 9.34. The van der Waals surface area contributed by atoms with Crippen molar-refractivity contribution >= 4 is 11.8 Å². The summed E-state index contributed by atoms with van der Waals surface area (Å²) in [5.41, 5.74) is 0.860. The van der Waals surface area contributed by atoms with Crippen molar-refractivity contribution in [2.24, 2.45) is 5.92 Å². The third-order valence-corrected chi connectivity index (χ3v) is 5.02. The molecule has 2 unspecified atom stereocenters. The normalized spacial score (nSPS) is 20.8. The number of nitrogens with zero attached hydrogens (tertiary/aromatic N) is 2. The Bertz CT molecular complexity index is 648. The summed E-state index contributed by atoms with van der Waals surface area (Å²) in [7, 11) is 0. The summed E-state index contributed by atoms with van der Waals surface area (Å²) in [6.45, 7) is 4.91. The van der Waals surface area contributed by atoms with Crippen LogP contribution in [0.3, 0.4) is 0 Å². The molecule has 5 nitrogen and oxygen atoms in total. The molecule has 1 aliphatic heterocycles. The molecule has 0 spiro atoms. The van der Waals surface area contributed by atoms with Gasteiger partial charge in [0.1, 0.15) is 0 Å². The van der Waals surface area contributed by atoms with Crippen LogP contribution >= 0.6 is 0 Å². The van der Waals surface area contributed by atoms with Gasteiger partial charge in [-0.15, -0.1) is 0 Å². The summed E-state index contributed by atoms with van der Waals surface area (Å²) in [5.74, 6) is -1.08. The minimum atomic E-state index is -0.788. The quantitative estimate of drug-likeness (QED) is 0.868. The molecule has 24 heavy (non-hydrogen) atoms. The van der Waals surface area contributed by atoms with Crippen molar-refractivity contribution in [3.05, 3.63) is 35.4 Å². The minimum Gasteiger partial charge on any atom is -0.481 e. The number of carbonyl (C=O) groups excluding carboxylic acids is 1. The van der Waals surface area contributed by atoms with E-state index in [1.807, 2.05) is 30.9 Å². The third kappa shape index (κ3) is 3.82. The number of hydrogen-bond acceptors (Lipinski definition) is 4. The summed E-state index contributed by atoms with van der Waals surface area (Å²) in [6.07, 6.45) is 2.40. The average molecular weight is 328 g/mol. The maximum absolute atomic E-state index is 12.7. The van der Waals surface area contributed by atoms with Crippen LogP contribution in [0.25, 0.3) is 0 Å². The maximum Gasteiger partial charge on any atom is 0.307 e. The van der Waals surface area contributed by atoms with Crippen LogP contribution in [-0.2, 0) is 16.0 Å². The van der Waals surface area contributed by atoms with Gasteiger partial charge in [0.25, 0.3) is 0 Å². The van der Waals surface area contributed by atoms with E-state index >= 15 is 0 Å². The first kappa shape index (κ1) is 18.2. The first-order valence-electron chi connectivity index (χ1n) is 8.41. The van der Waals surface area contributed by atoms with Crippen molar-refractivity contribution in [3.8, 4) is 6.07 Å². The lowest BCUT2D eigenvalue weighted by atomic mass is 9.82. The number of likely N-dealkylation sites (tertiary alicyclic amines) is 1. The number of carbonyl (C=O) groups is 2. The number of rotatable bonds is 6. The predicted molar refractivity (Wildman–Crippen MR) is 90.5 cm³/mol.